The topological polar surface area (TPSA) is 71.1 Å². The quantitative estimate of drug-likeness (QED) is 0.123. The number of ether oxygens (including phenoxy) is 4. The molecule has 2 heterocycles. The number of hydrogen-bond acceptors (Lipinski definition) is 6. The molecule has 222 valence electrons. The number of rotatable bonds is 7. The number of thiophene rings is 1. The average Bonchev–Trinajstić information content (AvgIpc) is 3.50. The number of hydrogen-bond donors (Lipinski definition) is 0. The van der Waals surface area contributed by atoms with Gasteiger partial charge in [-0.3, -0.25) is 4.79 Å². The van der Waals surface area contributed by atoms with Crippen LogP contribution in [0.5, 0.6) is 5.75 Å². The van der Waals surface area contributed by atoms with Crippen LogP contribution < -0.4 is 4.74 Å². The molecular weight excluding hydrogens is 560 g/mol. The zero-order valence-electron chi connectivity index (χ0n) is 24.7. The highest BCUT2D eigenvalue weighted by Gasteiger charge is 2.65. The zero-order valence-corrected chi connectivity index (χ0v) is 25.5. The summed E-state index contributed by atoms with van der Waals surface area (Å²) in [5.74, 6) is 1.12. The van der Waals surface area contributed by atoms with Crippen LogP contribution in [0.25, 0.3) is 25.1 Å². The Bertz CT molecular complexity index is 1650. The van der Waals surface area contributed by atoms with Gasteiger partial charge in [-0.05, 0) is 93.2 Å². The summed E-state index contributed by atoms with van der Waals surface area (Å²) in [6, 6.07) is 21.8. The van der Waals surface area contributed by atoms with Crippen LogP contribution >= 0.6 is 10.5 Å². The van der Waals surface area contributed by atoms with Crippen molar-refractivity contribution in [3.05, 3.63) is 71.8 Å². The minimum absolute atomic E-state index is 0.103. The maximum Gasteiger partial charge on any atom is 0.338 e. The first-order valence-corrected chi connectivity index (χ1v) is 16.8. The SMILES string of the molecule is Cc1cc(-[s+]2c3ccccc3c3ccccc32)cc(C)c1OCCOC(=O)CC1OC2(OC1=O)C1CC3CC(C1)CC2C3. The summed E-state index contributed by atoms with van der Waals surface area (Å²) in [7, 11) is -0.169. The summed E-state index contributed by atoms with van der Waals surface area (Å²) in [6.07, 6.45) is 4.57. The molecular formula is C36H37O6S+. The van der Waals surface area contributed by atoms with Crippen LogP contribution in [0.3, 0.4) is 0 Å². The molecule has 3 aromatic carbocycles. The molecule has 43 heavy (non-hydrogen) atoms. The van der Waals surface area contributed by atoms with Gasteiger partial charge in [0, 0.05) is 45.2 Å². The van der Waals surface area contributed by atoms with Crippen molar-refractivity contribution in [1.82, 2.24) is 0 Å². The number of carbonyl (C=O) groups is 2. The van der Waals surface area contributed by atoms with E-state index < -0.39 is 23.8 Å². The van der Waals surface area contributed by atoms with Gasteiger partial charge in [0.05, 0.1) is 6.42 Å². The predicted octanol–water partition coefficient (Wildman–Crippen LogP) is 7.75. The zero-order chi connectivity index (χ0) is 29.3. The molecule has 4 aromatic rings. The number of esters is 2. The van der Waals surface area contributed by atoms with Crippen molar-refractivity contribution < 1.29 is 28.5 Å². The summed E-state index contributed by atoms with van der Waals surface area (Å²) in [4.78, 5) is 26.7. The Morgan fingerprint density at radius 1 is 0.860 bits per heavy atom. The van der Waals surface area contributed by atoms with E-state index in [0.29, 0.717) is 0 Å². The van der Waals surface area contributed by atoms with Crippen LogP contribution in [0.2, 0.25) is 0 Å². The largest absolute Gasteiger partial charge is 0.489 e. The maximum absolute atomic E-state index is 12.8. The van der Waals surface area contributed by atoms with E-state index in [-0.39, 0.29) is 41.9 Å². The van der Waals surface area contributed by atoms with Gasteiger partial charge in [-0.1, -0.05) is 24.3 Å². The lowest BCUT2D eigenvalue weighted by molar-refractivity contribution is -0.290. The Kier molecular flexibility index (Phi) is 6.53. The smallest absolute Gasteiger partial charge is 0.338 e. The minimum Gasteiger partial charge on any atom is -0.489 e. The third-order valence-electron chi connectivity index (χ3n) is 10.2. The lowest BCUT2D eigenvalue weighted by atomic mass is 9.53. The van der Waals surface area contributed by atoms with Crippen molar-refractivity contribution >= 4 is 42.6 Å². The van der Waals surface area contributed by atoms with Crippen molar-refractivity contribution in [1.29, 1.82) is 0 Å². The van der Waals surface area contributed by atoms with Crippen LogP contribution in [0.4, 0.5) is 0 Å². The second-order valence-electron chi connectivity index (χ2n) is 13.0. The summed E-state index contributed by atoms with van der Waals surface area (Å²) in [6.45, 7) is 4.47. The molecule has 6 nitrogen and oxygen atoms in total. The molecule has 1 aromatic heterocycles. The molecule has 7 heteroatoms. The van der Waals surface area contributed by atoms with E-state index in [0.717, 1.165) is 54.4 Å². The molecule has 5 aliphatic rings. The Morgan fingerprint density at radius 2 is 1.44 bits per heavy atom. The van der Waals surface area contributed by atoms with E-state index in [2.05, 4.69) is 74.5 Å². The summed E-state index contributed by atoms with van der Waals surface area (Å²) in [5.41, 5.74) is 2.11. The first kappa shape index (κ1) is 27.2. The summed E-state index contributed by atoms with van der Waals surface area (Å²) < 4.78 is 26.6. The molecule has 4 bridgehead atoms. The fourth-order valence-electron chi connectivity index (χ4n) is 8.71. The van der Waals surface area contributed by atoms with Crippen molar-refractivity contribution in [3.8, 4) is 10.6 Å². The maximum atomic E-state index is 12.8. The van der Waals surface area contributed by atoms with E-state index in [1.807, 2.05) is 0 Å². The van der Waals surface area contributed by atoms with Gasteiger partial charge < -0.3 is 18.9 Å². The summed E-state index contributed by atoms with van der Waals surface area (Å²) in [5, 5.41) is 2.62. The fraction of sp³-hybridized carbons (Fsp3) is 0.444. The van der Waals surface area contributed by atoms with Gasteiger partial charge in [0.2, 0.25) is 5.79 Å². The standard InChI is InChI=1S/C36H37O6S/c1-21-13-27(43-31-9-5-3-7-28(31)29-8-4-6-10-32(29)43)14-22(2)34(21)40-12-11-39-33(37)20-30-35(38)42-36(41-30)25-16-23-15-24(18-25)19-26(36)17-23/h3-10,13-14,23-26,30H,11-12,15-20H2,1-2H3/q+1. The Balaban J connectivity index is 0.901. The first-order valence-electron chi connectivity index (χ1n) is 15.6. The molecule has 4 saturated carbocycles. The number of benzene rings is 3. The van der Waals surface area contributed by atoms with Crippen LogP contribution in [0.1, 0.15) is 49.7 Å². The van der Waals surface area contributed by atoms with Crippen LogP contribution in [-0.2, 0) is 23.8 Å². The van der Waals surface area contributed by atoms with E-state index >= 15 is 0 Å². The molecule has 0 amide bonds. The van der Waals surface area contributed by atoms with Gasteiger partial charge in [0.1, 0.15) is 19.0 Å². The predicted molar refractivity (Wildman–Crippen MR) is 167 cm³/mol. The van der Waals surface area contributed by atoms with E-state index in [9.17, 15) is 9.59 Å². The van der Waals surface area contributed by atoms with Gasteiger partial charge in [0.25, 0.3) is 0 Å². The lowest BCUT2D eigenvalue weighted by Crippen LogP contribution is -2.58. The third-order valence-corrected chi connectivity index (χ3v) is 12.5. The summed E-state index contributed by atoms with van der Waals surface area (Å²) >= 11 is 0. The number of aryl methyl sites for hydroxylation is 2. The highest BCUT2D eigenvalue weighted by atomic mass is 32.2. The Labute approximate surface area is 254 Å². The second kappa shape index (κ2) is 10.3. The minimum atomic E-state index is -0.880. The van der Waals surface area contributed by atoms with Gasteiger partial charge >= 0.3 is 11.9 Å². The van der Waals surface area contributed by atoms with Crippen molar-refractivity contribution in [2.75, 3.05) is 13.2 Å². The van der Waals surface area contributed by atoms with Crippen molar-refractivity contribution in [3.63, 3.8) is 0 Å². The third kappa shape index (κ3) is 4.46. The fourth-order valence-corrected chi connectivity index (χ4v) is 11.3. The number of carbonyl (C=O) groups excluding carboxylic acids is 2. The first-order chi connectivity index (χ1) is 20.9. The van der Waals surface area contributed by atoms with E-state index in [1.54, 1.807) is 0 Å². The highest BCUT2D eigenvalue weighted by Crippen LogP contribution is 2.61. The lowest BCUT2D eigenvalue weighted by Gasteiger charge is -2.57. The van der Waals surface area contributed by atoms with E-state index in [1.165, 1.54) is 31.5 Å². The molecule has 0 N–H and O–H groups in total. The van der Waals surface area contributed by atoms with Crippen LogP contribution in [0.15, 0.2) is 60.7 Å². The molecule has 1 saturated heterocycles. The van der Waals surface area contributed by atoms with E-state index in [4.69, 9.17) is 18.9 Å². The molecule has 9 rings (SSSR count). The average molecular weight is 598 g/mol. The normalized spacial score (nSPS) is 29.1. The van der Waals surface area contributed by atoms with Gasteiger partial charge in [-0.2, -0.15) is 0 Å². The molecule has 0 radical (unpaired) electrons. The van der Waals surface area contributed by atoms with Crippen LogP contribution in [-0.4, -0.2) is 37.0 Å². The highest BCUT2D eigenvalue weighted by molar-refractivity contribution is 7.50. The van der Waals surface area contributed by atoms with Gasteiger partial charge in [0.15, 0.2) is 20.4 Å². The van der Waals surface area contributed by atoms with Gasteiger partial charge in [-0.15, -0.1) is 0 Å². The molecule has 4 aliphatic carbocycles. The Morgan fingerprint density at radius 3 is 2.05 bits per heavy atom. The monoisotopic (exact) mass is 597 g/mol. The Hall–Kier alpha value is -3.42. The number of fused-ring (bicyclic) bond motifs is 3. The van der Waals surface area contributed by atoms with Gasteiger partial charge in [-0.25, -0.2) is 4.79 Å². The molecule has 5 fully saturated rings. The molecule has 1 atom stereocenters. The van der Waals surface area contributed by atoms with Crippen molar-refractivity contribution in [2.24, 2.45) is 23.7 Å². The molecule has 1 aliphatic heterocycles. The molecule has 1 unspecified atom stereocenters. The van der Waals surface area contributed by atoms with Crippen LogP contribution in [0, 0.1) is 37.5 Å². The second-order valence-corrected chi connectivity index (χ2v) is 15.0. The molecule has 1 spiro atoms. The van der Waals surface area contributed by atoms with Crippen molar-refractivity contribution in [2.45, 2.75) is 64.3 Å².